The van der Waals surface area contributed by atoms with Crippen LogP contribution in [0.25, 0.3) is 0 Å². The van der Waals surface area contributed by atoms with Crippen LogP contribution in [0.1, 0.15) is 71.1 Å². The summed E-state index contributed by atoms with van der Waals surface area (Å²) in [6.45, 7) is 4.31. The summed E-state index contributed by atoms with van der Waals surface area (Å²) in [6, 6.07) is 0. The van der Waals surface area contributed by atoms with Crippen LogP contribution in [0, 0.1) is 5.92 Å². The van der Waals surface area contributed by atoms with Crippen molar-refractivity contribution in [2.75, 3.05) is 13.2 Å². The molecule has 15 heavy (non-hydrogen) atoms. The van der Waals surface area contributed by atoms with Gasteiger partial charge >= 0.3 is 0 Å². The predicted octanol–water partition coefficient (Wildman–Crippen LogP) is 4.55. The number of hydrogen-bond acceptors (Lipinski definition) is 1. The molecule has 1 nitrogen and oxygen atoms in total. The van der Waals surface area contributed by atoms with E-state index in [1.165, 1.54) is 64.2 Å². The highest BCUT2D eigenvalue weighted by atomic mass is 16.5. The lowest BCUT2D eigenvalue weighted by atomic mass is 10.1. The average molecular weight is 212 g/mol. The second-order valence-electron chi connectivity index (χ2n) is 4.99. The van der Waals surface area contributed by atoms with Crippen molar-refractivity contribution in [3.05, 3.63) is 0 Å². The van der Waals surface area contributed by atoms with Gasteiger partial charge in [0.05, 0.1) is 0 Å². The third-order valence-corrected chi connectivity index (χ3v) is 3.47. The van der Waals surface area contributed by atoms with Crippen LogP contribution in [-0.4, -0.2) is 13.2 Å². The standard InChI is InChI=1S/C14H28O/c1-2-3-4-5-6-9-12-15-13-14-10-7-8-11-14/h14H,2-13H2,1H3. The molecule has 0 radical (unpaired) electrons. The Balaban J connectivity index is 1.73. The second kappa shape index (κ2) is 9.21. The molecule has 0 spiro atoms. The fraction of sp³-hybridized carbons (Fsp3) is 1.00. The first kappa shape index (κ1) is 13.0. The van der Waals surface area contributed by atoms with Gasteiger partial charge in [0.2, 0.25) is 0 Å². The van der Waals surface area contributed by atoms with E-state index < -0.39 is 0 Å². The molecule has 1 fully saturated rings. The van der Waals surface area contributed by atoms with E-state index >= 15 is 0 Å². The predicted molar refractivity (Wildman–Crippen MR) is 66.2 cm³/mol. The molecule has 1 heteroatoms. The molecule has 0 aromatic rings. The Kier molecular flexibility index (Phi) is 7.99. The first-order valence-electron chi connectivity index (χ1n) is 7.01. The molecular formula is C14H28O. The quantitative estimate of drug-likeness (QED) is 0.509. The number of rotatable bonds is 9. The first-order valence-corrected chi connectivity index (χ1v) is 7.01. The Morgan fingerprint density at radius 2 is 1.60 bits per heavy atom. The van der Waals surface area contributed by atoms with Gasteiger partial charge in [0.1, 0.15) is 0 Å². The third-order valence-electron chi connectivity index (χ3n) is 3.47. The third kappa shape index (κ3) is 6.94. The summed E-state index contributed by atoms with van der Waals surface area (Å²) >= 11 is 0. The summed E-state index contributed by atoms with van der Waals surface area (Å²) in [5.41, 5.74) is 0. The molecule has 0 saturated heterocycles. The zero-order valence-corrected chi connectivity index (χ0v) is 10.5. The van der Waals surface area contributed by atoms with Crippen molar-refractivity contribution in [2.45, 2.75) is 71.1 Å². The van der Waals surface area contributed by atoms with Crippen molar-refractivity contribution in [3.8, 4) is 0 Å². The maximum absolute atomic E-state index is 5.72. The molecule has 0 N–H and O–H groups in total. The van der Waals surface area contributed by atoms with Crippen molar-refractivity contribution < 1.29 is 4.74 Å². The summed E-state index contributed by atoms with van der Waals surface area (Å²) in [5, 5.41) is 0. The van der Waals surface area contributed by atoms with Crippen LogP contribution in [0.15, 0.2) is 0 Å². The van der Waals surface area contributed by atoms with E-state index in [4.69, 9.17) is 4.74 Å². The Morgan fingerprint density at radius 3 is 2.33 bits per heavy atom. The van der Waals surface area contributed by atoms with E-state index in [1.54, 1.807) is 0 Å². The number of hydrogen-bond donors (Lipinski definition) is 0. The van der Waals surface area contributed by atoms with Gasteiger partial charge in [-0.1, -0.05) is 51.9 Å². The van der Waals surface area contributed by atoms with Gasteiger partial charge in [0, 0.05) is 13.2 Å². The van der Waals surface area contributed by atoms with Gasteiger partial charge in [-0.3, -0.25) is 0 Å². The summed E-state index contributed by atoms with van der Waals surface area (Å²) < 4.78 is 5.72. The lowest BCUT2D eigenvalue weighted by molar-refractivity contribution is 0.0978. The fourth-order valence-electron chi connectivity index (χ4n) is 2.41. The Morgan fingerprint density at radius 1 is 0.933 bits per heavy atom. The zero-order valence-electron chi connectivity index (χ0n) is 10.5. The molecular weight excluding hydrogens is 184 g/mol. The van der Waals surface area contributed by atoms with E-state index in [0.29, 0.717) is 0 Å². The van der Waals surface area contributed by atoms with Crippen LogP contribution in [0.2, 0.25) is 0 Å². The van der Waals surface area contributed by atoms with Crippen LogP contribution in [0.3, 0.4) is 0 Å². The molecule has 0 heterocycles. The minimum Gasteiger partial charge on any atom is -0.381 e. The summed E-state index contributed by atoms with van der Waals surface area (Å²) in [6.07, 6.45) is 13.9. The first-order chi connectivity index (χ1) is 7.43. The number of ether oxygens (including phenoxy) is 1. The normalized spacial score (nSPS) is 17.4. The molecule has 1 rings (SSSR count). The molecule has 0 aromatic carbocycles. The Labute approximate surface area is 95.6 Å². The van der Waals surface area contributed by atoms with Crippen LogP contribution >= 0.6 is 0 Å². The minimum absolute atomic E-state index is 0.894. The van der Waals surface area contributed by atoms with Gasteiger partial charge in [0.15, 0.2) is 0 Å². The van der Waals surface area contributed by atoms with Crippen LogP contribution < -0.4 is 0 Å². The van der Waals surface area contributed by atoms with Gasteiger partial charge in [-0.2, -0.15) is 0 Å². The maximum Gasteiger partial charge on any atom is 0.0494 e. The lowest BCUT2D eigenvalue weighted by Crippen LogP contribution is -2.06. The van der Waals surface area contributed by atoms with Gasteiger partial charge in [-0.25, -0.2) is 0 Å². The molecule has 0 aromatic heterocycles. The van der Waals surface area contributed by atoms with Crippen molar-refractivity contribution in [1.82, 2.24) is 0 Å². The van der Waals surface area contributed by atoms with Crippen molar-refractivity contribution in [3.63, 3.8) is 0 Å². The highest BCUT2D eigenvalue weighted by Gasteiger charge is 2.14. The molecule has 0 bridgehead atoms. The van der Waals surface area contributed by atoms with E-state index in [2.05, 4.69) is 6.92 Å². The Hall–Kier alpha value is -0.0400. The van der Waals surface area contributed by atoms with Gasteiger partial charge < -0.3 is 4.74 Å². The van der Waals surface area contributed by atoms with E-state index in [9.17, 15) is 0 Å². The summed E-state index contributed by atoms with van der Waals surface area (Å²) in [5.74, 6) is 0.894. The van der Waals surface area contributed by atoms with E-state index in [1.807, 2.05) is 0 Å². The fourth-order valence-corrected chi connectivity index (χ4v) is 2.41. The van der Waals surface area contributed by atoms with Gasteiger partial charge in [0.25, 0.3) is 0 Å². The van der Waals surface area contributed by atoms with Crippen LogP contribution in [0.4, 0.5) is 0 Å². The van der Waals surface area contributed by atoms with Gasteiger partial charge in [-0.15, -0.1) is 0 Å². The molecule has 1 aliphatic rings. The minimum atomic E-state index is 0.894. The van der Waals surface area contributed by atoms with Crippen molar-refractivity contribution in [1.29, 1.82) is 0 Å². The molecule has 1 saturated carbocycles. The number of unbranched alkanes of at least 4 members (excludes halogenated alkanes) is 5. The van der Waals surface area contributed by atoms with E-state index in [0.717, 1.165) is 19.1 Å². The van der Waals surface area contributed by atoms with Crippen LogP contribution in [-0.2, 0) is 4.74 Å². The zero-order chi connectivity index (χ0) is 10.8. The largest absolute Gasteiger partial charge is 0.381 e. The monoisotopic (exact) mass is 212 g/mol. The van der Waals surface area contributed by atoms with Gasteiger partial charge in [-0.05, 0) is 25.2 Å². The highest BCUT2D eigenvalue weighted by molar-refractivity contribution is 4.66. The second-order valence-corrected chi connectivity index (χ2v) is 4.99. The van der Waals surface area contributed by atoms with Crippen molar-refractivity contribution in [2.24, 2.45) is 5.92 Å². The molecule has 0 unspecified atom stereocenters. The topological polar surface area (TPSA) is 9.23 Å². The molecule has 90 valence electrons. The SMILES string of the molecule is CCCCCCCCOCC1CCCC1. The molecule has 0 atom stereocenters. The van der Waals surface area contributed by atoms with Crippen LogP contribution in [0.5, 0.6) is 0 Å². The summed E-state index contributed by atoms with van der Waals surface area (Å²) in [4.78, 5) is 0. The Bertz CT molecular complexity index is 127. The molecule has 0 amide bonds. The molecule has 1 aliphatic carbocycles. The average Bonchev–Trinajstić information content (AvgIpc) is 2.75. The smallest absolute Gasteiger partial charge is 0.0494 e. The lowest BCUT2D eigenvalue weighted by Gasteiger charge is -2.09. The van der Waals surface area contributed by atoms with E-state index in [-0.39, 0.29) is 0 Å². The molecule has 0 aliphatic heterocycles. The van der Waals surface area contributed by atoms with Crippen molar-refractivity contribution >= 4 is 0 Å². The summed E-state index contributed by atoms with van der Waals surface area (Å²) in [7, 11) is 0. The highest BCUT2D eigenvalue weighted by Crippen LogP contribution is 2.24. The maximum atomic E-state index is 5.72.